The van der Waals surface area contributed by atoms with Crippen LogP contribution in [0.2, 0.25) is 5.02 Å². The molecule has 0 unspecified atom stereocenters. The molecule has 1 aliphatic rings. The quantitative estimate of drug-likeness (QED) is 0.288. The summed E-state index contributed by atoms with van der Waals surface area (Å²) in [6.07, 6.45) is -4.54. The number of halogens is 5. The summed E-state index contributed by atoms with van der Waals surface area (Å²) in [7, 11) is 1.50. The van der Waals surface area contributed by atoms with Gasteiger partial charge in [-0.05, 0) is 76.1 Å². The van der Waals surface area contributed by atoms with E-state index >= 15 is 0 Å². The molecule has 0 saturated heterocycles. The first-order chi connectivity index (χ1) is 20.0. The highest BCUT2D eigenvalue weighted by atomic mass is 79.9. The maximum Gasteiger partial charge on any atom is 0.416 e. The van der Waals surface area contributed by atoms with E-state index in [1.165, 1.54) is 39.3 Å². The highest BCUT2D eigenvalue weighted by molar-refractivity contribution is 9.10. The number of hydrogen-bond donors (Lipinski definition) is 1. The third-order valence-electron chi connectivity index (χ3n) is 6.89. The number of carbonyl (C=O) groups is 2. The van der Waals surface area contributed by atoms with Crippen LogP contribution in [0.1, 0.15) is 37.7 Å². The Bertz CT molecular complexity index is 1730. The van der Waals surface area contributed by atoms with Crippen molar-refractivity contribution in [1.82, 2.24) is 19.4 Å². The van der Waals surface area contributed by atoms with Gasteiger partial charge in [-0.15, -0.1) is 0 Å². The van der Waals surface area contributed by atoms with Gasteiger partial charge >= 0.3 is 11.9 Å². The van der Waals surface area contributed by atoms with Crippen molar-refractivity contribution in [3.63, 3.8) is 0 Å². The van der Waals surface area contributed by atoms with Crippen LogP contribution < -0.4 is 15.7 Å². The monoisotopic (exact) mass is 662 g/mol. The second-order valence-corrected chi connectivity index (χ2v) is 10.8. The molecule has 0 spiro atoms. The number of nitrogens with one attached hydrogen (secondary N) is 1. The summed E-state index contributed by atoms with van der Waals surface area (Å²) in [4.78, 5) is 42.2. The van der Waals surface area contributed by atoms with Crippen molar-refractivity contribution in [3.8, 4) is 11.4 Å². The van der Waals surface area contributed by atoms with E-state index in [4.69, 9.17) is 16.3 Å². The molecule has 0 fully saturated rings. The van der Waals surface area contributed by atoms with E-state index in [-0.39, 0.29) is 43.3 Å². The standard InChI is InChI=1S/C29H23BrClF3N4O4/c1-42-21-8-6-20(7-9-21)38-25(26(39)35-15-17-3-2-4-19(13-17)29(32,33)34)24-16-36(11-12-37(24)28(38)41)27(40)18-5-10-22(30)23(31)14-18/h2-10,13-14H,11-12,15-16H2,1H3,(H,35,39). The summed E-state index contributed by atoms with van der Waals surface area (Å²) < 4.78 is 48.1. The smallest absolute Gasteiger partial charge is 0.416 e. The van der Waals surface area contributed by atoms with Crippen LogP contribution in [-0.4, -0.2) is 39.5 Å². The maximum absolute atomic E-state index is 13.7. The Morgan fingerprint density at radius 3 is 2.45 bits per heavy atom. The zero-order valence-electron chi connectivity index (χ0n) is 22.0. The number of methoxy groups -OCH3 is 1. The second kappa shape index (κ2) is 11.7. The third kappa shape index (κ3) is 5.82. The van der Waals surface area contributed by atoms with Crippen molar-refractivity contribution in [2.24, 2.45) is 0 Å². The van der Waals surface area contributed by atoms with Gasteiger partial charge in [0.2, 0.25) is 0 Å². The van der Waals surface area contributed by atoms with Crippen LogP contribution in [0.3, 0.4) is 0 Å². The largest absolute Gasteiger partial charge is 0.497 e. The molecule has 2 amide bonds. The van der Waals surface area contributed by atoms with Crippen molar-refractivity contribution < 1.29 is 27.5 Å². The summed E-state index contributed by atoms with van der Waals surface area (Å²) in [5.74, 6) is -0.484. The summed E-state index contributed by atoms with van der Waals surface area (Å²) in [6.45, 7) is 0.0556. The Hall–Kier alpha value is -4.03. The minimum absolute atomic E-state index is 0.0246. The number of imidazole rings is 1. The molecule has 0 atom stereocenters. The fourth-order valence-electron chi connectivity index (χ4n) is 4.77. The molecule has 1 aromatic heterocycles. The molecule has 0 saturated carbocycles. The van der Waals surface area contributed by atoms with Crippen LogP contribution in [0, 0.1) is 0 Å². The Balaban J connectivity index is 1.52. The highest BCUT2D eigenvalue weighted by Gasteiger charge is 2.33. The van der Waals surface area contributed by atoms with Crippen LogP contribution in [0.25, 0.3) is 5.69 Å². The fourth-order valence-corrected chi connectivity index (χ4v) is 5.20. The second-order valence-electron chi connectivity index (χ2n) is 9.50. The summed E-state index contributed by atoms with van der Waals surface area (Å²) >= 11 is 9.49. The molecule has 3 aromatic carbocycles. The predicted octanol–water partition coefficient (Wildman–Crippen LogP) is 5.67. The molecule has 5 rings (SSSR count). The van der Waals surface area contributed by atoms with Crippen molar-refractivity contribution in [3.05, 3.63) is 115 Å². The summed E-state index contributed by atoms with van der Waals surface area (Å²) in [5.41, 5.74) is -0.114. The molecule has 1 N–H and O–H groups in total. The van der Waals surface area contributed by atoms with Gasteiger partial charge in [-0.3, -0.25) is 18.7 Å². The maximum atomic E-state index is 13.7. The average molecular weight is 664 g/mol. The zero-order chi connectivity index (χ0) is 30.2. The van der Waals surface area contributed by atoms with Gasteiger partial charge in [-0.1, -0.05) is 23.7 Å². The Morgan fingerprint density at radius 1 is 1.05 bits per heavy atom. The molecule has 0 aliphatic carbocycles. The van der Waals surface area contributed by atoms with Crippen molar-refractivity contribution >= 4 is 39.3 Å². The molecule has 2 heterocycles. The normalized spacial score (nSPS) is 13.0. The zero-order valence-corrected chi connectivity index (χ0v) is 24.4. The first kappa shape index (κ1) is 29.5. The molecule has 218 valence electrons. The first-order valence-electron chi connectivity index (χ1n) is 12.7. The average Bonchev–Trinajstić information content (AvgIpc) is 3.28. The Kier molecular flexibility index (Phi) is 8.20. The number of benzene rings is 3. The number of nitrogens with zero attached hydrogens (tertiary/aromatic N) is 3. The summed E-state index contributed by atoms with van der Waals surface area (Å²) in [5, 5.41) is 3.01. The fraction of sp³-hybridized carbons (Fsp3) is 0.207. The molecule has 0 radical (unpaired) electrons. The number of aromatic nitrogens is 2. The van der Waals surface area contributed by atoms with Crippen molar-refractivity contribution in [2.45, 2.75) is 25.8 Å². The SMILES string of the molecule is COc1ccc(-n2c(C(=O)NCc3cccc(C(F)(F)F)c3)c3n(c2=O)CCN(C(=O)c2ccc(Br)c(Cl)c2)C3)cc1. The molecule has 42 heavy (non-hydrogen) atoms. The number of carbonyl (C=O) groups excluding carboxylic acids is 2. The number of alkyl halides is 3. The molecule has 4 aromatic rings. The van der Waals surface area contributed by atoms with Gasteiger partial charge in [0.15, 0.2) is 0 Å². The van der Waals surface area contributed by atoms with Crippen LogP contribution >= 0.6 is 27.5 Å². The van der Waals surface area contributed by atoms with E-state index < -0.39 is 23.3 Å². The molecule has 8 nitrogen and oxygen atoms in total. The number of hydrogen-bond acceptors (Lipinski definition) is 4. The summed E-state index contributed by atoms with van der Waals surface area (Å²) in [6, 6.07) is 15.9. The van der Waals surface area contributed by atoms with Gasteiger partial charge in [-0.2, -0.15) is 13.2 Å². The van der Waals surface area contributed by atoms with Gasteiger partial charge in [0.05, 0.1) is 35.6 Å². The molecular weight excluding hydrogens is 641 g/mol. The van der Waals surface area contributed by atoms with E-state index in [1.54, 1.807) is 36.4 Å². The van der Waals surface area contributed by atoms with E-state index in [1.807, 2.05) is 0 Å². The minimum atomic E-state index is -4.54. The van der Waals surface area contributed by atoms with E-state index in [0.717, 1.165) is 12.1 Å². The van der Waals surface area contributed by atoms with Gasteiger partial charge in [0.25, 0.3) is 11.8 Å². The predicted molar refractivity (Wildman–Crippen MR) is 153 cm³/mol. The number of amides is 2. The minimum Gasteiger partial charge on any atom is -0.497 e. The first-order valence-corrected chi connectivity index (χ1v) is 13.8. The van der Waals surface area contributed by atoms with Crippen LogP contribution in [0.15, 0.2) is 76.0 Å². The molecule has 1 aliphatic heterocycles. The Labute approximate surface area is 251 Å². The van der Waals surface area contributed by atoms with E-state index in [0.29, 0.717) is 32.2 Å². The van der Waals surface area contributed by atoms with Crippen LogP contribution in [-0.2, 0) is 25.8 Å². The topological polar surface area (TPSA) is 85.6 Å². The lowest BCUT2D eigenvalue weighted by Gasteiger charge is -2.28. The van der Waals surface area contributed by atoms with Crippen molar-refractivity contribution in [2.75, 3.05) is 13.7 Å². The van der Waals surface area contributed by atoms with Gasteiger partial charge in [0.1, 0.15) is 11.4 Å². The lowest BCUT2D eigenvalue weighted by atomic mass is 10.1. The van der Waals surface area contributed by atoms with E-state index in [2.05, 4.69) is 21.2 Å². The van der Waals surface area contributed by atoms with Crippen LogP contribution in [0.5, 0.6) is 5.75 Å². The lowest BCUT2D eigenvalue weighted by molar-refractivity contribution is -0.137. The molecule has 13 heteroatoms. The van der Waals surface area contributed by atoms with Crippen LogP contribution in [0.4, 0.5) is 13.2 Å². The number of ether oxygens (including phenoxy) is 1. The number of fused-ring (bicyclic) bond motifs is 1. The van der Waals surface area contributed by atoms with Gasteiger partial charge in [-0.25, -0.2) is 4.79 Å². The Morgan fingerprint density at radius 2 is 1.79 bits per heavy atom. The molecular formula is C29H23BrClF3N4O4. The van der Waals surface area contributed by atoms with Crippen molar-refractivity contribution in [1.29, 1.82) is 0 Å². The number of rotatable bonds is 6. The van der Waals surface area contributed by atoms with Gasteiger partial charge in [0, 0.05) is 29.7 Å². The van der Waals surface area contributed by atoms with E-state index in [9.17, 15) is 27.6 Å². The highest BCUT2D eigenvalue weighted by Crippen LogP contribution is 2.30. The van der Waals surface area contributed by atoms with Gasteiger partial charge < -0.3 is 15.0 Å². The third-order valence-corrected chi connectivity index (χ3v) is 8.12. The molecule has 0 bridgehead atoms. The lowest BCUT2D eigenvalue weighted by Crippen LogP contribution is -2.41.